The minimum atomic E-state index is -0.768. The van der Waals surface area contributed by atoms with Gasteiger partial charge in [0.05, 0.1) is 0 Å². The van der Waals surface area contributed by atoms with Crippen molar-refractivity contribution in [2.45, 2.75) is 44.2 Å². The summed E-state index contributed by atoms with van der Waals surface area (Å²) in [6, 6.07) is 0.357. The molecule has 2 aliphatic rings. The van der Waals surface area contributed by atoms with Crippen LogP contribution in [-0.2, 0) is 4.79 Å². The Morgan fingerprint density at radius 1 is 1.33 bits per heavy atom. The first-order valence-electron chi connectivity index (χ1n) is 6.73. The predicted molar refractivity (Wildman–Crippen MR) is 68.0 cm³/mol. The van der Waals surface area contributed by atoms with Crippen LogP contribution in [0, 0.1) is 0 Å². The second-order valence-electron chi connectivity index (χ2n) is 5.11. The zero-order valence-electron chi connectivity index (χ0n) is 10.7. The summed E-state index contributed by atoms with van der Waals surface area (Å²) in [6.45, 7) is 2.87. The highest BCUT2D eigenvalue weighted by Crippen LogP contribution is 2.24. The number of likely N-dealkylation sites (tertiary alicyclic amines) is 1. The van der Waals surface area contributed by atoms with Gasteiger partial charge in [0, 0.05) is 25.0 Å². The third-order valence-corrected chi connectivity index (χ3v) is 3.87. The van der Waals surface area contributed by atoms with E-state index in [0.29, 0.717) is 25.0 Å². The van der Waals surface area contributed by atoms with Crippen LogP contribution in [0.25, 0.3) is 0 Å². The number of amides is 3. The molecule has 0 spiro atoms. The molecule has 0 aromatic carbocycles. The van der Waals surface area contributed by atoms with Gasteiger partial charge >= 0.3 is 6.03 Å². The number of carbonyl (C=O) groups excluding carboxylic acids is 2. The average molecular weight is 254 g/mol. The molecular weight excluding hydrogens is 232 g/mol. The van der Waals surface area contributed by atoms with Crippen molar-refractivity contribution in [3.05, 3.63) is 0 Å². The number of primary amides is 1. The number of hydrogen-bond donors (Lipinski definition) is 3. The zero-order valence-corrected chi connectivity index (χ0v) is 10.7. The molecule has 102 valence electrons. The van der Waals surface area contributed by atoms with Crippen molar-refractivity contribution in [2.75, 3.05) is 19.6 Å². The van der Waals surface area contributed by atoms with Gasteiger partial charge in [-0.25, -0.2) is 4.79 Å². The lowest BCUT2D eigenvalue weighted by atomic mass is 10.0. The number of nitrogens with zero attached hydrogens (tertiary/aromatic N) is 1. The van der Waals surface area contributed by atoms with E-state index < -0.39 is 6.03 Å². The molecule has 18 heavy (non-hydrogen) atoms. The molecular formula is C12H22N4O2. The summed E-state index contributed by atoms with van der Waals surface area (Å²) in [4.78, 5) is 24.3. The highest BCUT2D eigenvalue weighted by molar-refractivity contribution is 5.93. The van der Waals surface area contributed by atoms with Gasteiger partial charge in [0.25, 0.3) is 0 Å². The molecule has 3 amide bonds. The summed E-state index contributed by atoms with van der Waals surface area (Å²) in [5, 5.41) is 5.64. The first-order chi connectivity index (χ1) is 8.66. The molecule has 0 saturated carbocycles. The maximum absolute atomic E-state index is 11.4. The van der Waals surface area contributed by atoms with Crippen LogP contribution in [0.1, 0.15) is 32.1 Å². The van der Waals surface area contributed by atoms with Crippen LogP contribution < -0.4 is 16.4 Å². The molecule has 0 aromatic rings. The van der Waals surface area contributed by atoms with E-state index in [1.54, 1.807) is 0 Å². The standard InChI is InChI=1S/C12H22N4O2/c13-12(18)15-11(17)5-8-16-7-2-4-10(16)9-3-1-6-14-9/h9-10,14H,1-8H2,(H3,13,15,17,18). The SMILES string of the molecule is NC(=O)NC(=O)CCN1CCCC1C1CCCN1. The van der Waals surface area contributed by atoms with E-state index >= 15 is 0 Å². The molecule has 2 aliphatic heterocycles. The van der Waals surface area contributed by atoms with E-state index in [2.05, 4.69) is 15.5 Å². The van der Waals surface area contributed by atoms with Crippen molar-refractivity contribution >= 4 is 11.9 Å². The number of nitrogens with two attached hydrogens (primary N) is 1. The third-order valence-electron chi connectivity index (χ3n) is 3.87. The maximum atomic E-state index is 11.4. The van der Waals surface area contributed by atoms with Crippen molar-refractivity contribution in [1.29, 1.82) is 0 Å². The molecule has 2 heterocycles. The topological polar surface area (TPSA) is 87.5 Å². The van der Waals surface area contributed by atoms with E-state index in [9.17, 15) is 9.59 Å². The van der Waals surface area contributed by atoms with E-state index in [0.717, 1.165) is 13.1 Å². The largest absolute Gasteiger partial charge is 0.351 e. The Bertz CT molecular complexity index is 315. The van der Waals surface area contributed by atoms with Crippen LogP contribution in [0.5, 0.6) is 0 Å². The van der Waals surface area contributed by atoms with Crippen molar-refractivity contribution in [3.8, 4) is 0 Å². The first-order valence-corrected chi connectivity index (χ1v) is 6.73. The Morgan fingerprint density at radius 2 is 2.17 bits per heavy atom. The van der Waals surface area contributed by atoms with Crippen molar-refractivity contribution in [2.24, 2.45) is 5.73 Å². The third kappa shape index (κ3) is 3.43. The summed E-state index contributed by atoms with van der Waals surface area (Å²) >= 11 is 0. The fourth-order valence-electron chi connectivity index (χ4n) is 3.07. The van der Waals surface area contributed by atoms with Gasteiger partial charge in [-0.2, -0.15) is 0 Å². The lowest BCUT2D eigenvalue weighted by Crippen LogP contribution is -2.45. The Balaban J connectivity index is 1.77. The fraction of sp³-hybridized carbons (Fsp3) is 0.833. The summed E-state index contributed by atoms with van der Waals surface area (Å²) in [6.07, 6.45) is 5.22. The zero-order chi connectivity index (χ0) is 13.0. The Morgan fingerprint density at radius 3 is 2.83 bits per heavy atom. The number of urea groups is 1. The van der Waals surface area contributed by atoms with Crippen LogP contribution in [0.2, 0.25) is 0 Å². The number of nitrogens with one attached hydrogen (secondary N) is 2. The minimum Gasteiger partial charge on any atom is -0.351 e. The van der Waals surface area contributed by atoms with E-state index in [1.165, 1.54) is 25.7 Å². The van der Waals surface area contributed by atoms with Gasteiger partial charge < -0.3 is 11.1 Å². The molecule has 2 rings (SSSR count). The van der Waals surface area contributed by atoms with E-state index in [1.807, 2.05) is 0 Å². The Labute approximate surface area is 107 Å². The number of hydrogen-bond acceptors (Lipinski definition) is 4. The van der Waals surface area contributed by atoms with Gasteiger partial charge in [-0.1, -0.05) is 0 Å². The van der Waals surface area contributed by atoms with Gasteiger partial charge in [-0.05, 0) is 38.8 Å². The lowest BCUT2D eigenvalue weighted by Gasteiger charge is -2.29. The van der Waals surface area contributed by atoms with Crippen molar-refractivity contribution in [3.63, 3.8) is 0 Å². The Hall–Kier alpha value is -1.14. The summed E-state index contributed by atoms with van der Waals surface area (Å²) in [5.41, 5.74) is 4.91. The van der Waals surface area contributed by atoms with Gasteiger partial charge in [0.1, 0.15) is 0 Å². The molecule has 2 atom stereocenters. The van der Waals surface area contributed by atoms with Gasteiger partial charge in [0.2, 0.25) is 5.91 Å². The highest BCUT2D eigenvalue weighted by Gasteiger charge is 2.32. The molecule has 0 bridgehead atoms. The lowest BCUT2D eigenvalue weighted by molar-refractivity contribution is -0.120. The predicted octanol–water partition coefficient (Wildman–Crippen LogP) is -0.212. The number of carbonyl (C=O) groups is 2. The minimum absolute atomic E-state index is 0.285. The Kier molecular flexibility index (Phi) is 4.54. The normalized spacial score (nSPS) is 28.4. The van der Waals surface area contributed by atoms with Gasteiger partial charge in [-0.3, -0.25) is 15.0 Å². The number of rotatable bonds is 4. The monoisotopic (exact) mass is 254 g/mol. The maximum Gasteiger partial charge on any atom is 0.318 e. The van der Waals surface area contributed by atoms with Crippen LogP contribution in [0.3, 0.4) is 0 Å². The summed E-state index contributed by atoms with van der Waals surface area (Å²) < 4.78 is 0. The highest BCUT2D eigenvalue weighted by atomic mass is 16.2. The van der Waals surface area contributed by atoms with Crippen LogP contribution in [-0.4, -0.2) is 48.6 Å². The van der Waals surface area contributed by atoms with Gasteiger partial charge in [0.15, 0.2) is 0 Å². The smallest absolute Gasteiger partial charge is 0.318 e. The number of imide groups is 1. The summed E-state index contributed by atoms with van der Waals surface area (Å²) in [7, 11) is 0. The molecule has 6 nitrogen and oxygen atoms in total. The van der Waals surface area contributed by atoms with Crippen LogP contribution in [0.15, 0.2) is 0 Å². The van der Waals surface area contributed by atoms with Crippen LogP contribution >= 0.6 is 0 Å². The molecule has 2 fully saturated rings. The molecule has 6 heteroatoms. The van der Waals surface area contributed by atoms with E-state index in [4.69, 9.17) is 5.73 Å². The molecule has 2 saturated heterocycles. The second kappa shape index (κ2) is 6.15. The van der Waals surface area contributed by atoms with Crippen molar-refractivity contribution in [1.82, 2.24) is 15.5 Å². The van der Waals surface area contributed by atoms with Gasteiger partial charge in [-0.15, -0.1) is 0 Å². The average Bonchev–Trinajstić information content (AvgIpc) is 2.96. The molecule has 0 radical (unpaired) electrons. The fourth-order valence-corrected chi connectivity index (χ4v) is 3.07. The molecule has 0 aromatic heterocycles. The van der Waals surface area contributed by atoms with Crippen molar-refractivity contribution < 1.29 is 9.59 Å². The second-order valence-corrected chi connectivity index (χ2v) is 5.11. The molecule has 2 unspecified atom stereocenters. The molecule has 0 aliphatic carbocycles. The van der Waals surface area contributed by atoms with Crippen LogP contribution in [0.4, 0.5) is 4.79 Å². The summed E-state index contributed by atoms with van der Waals surface area (Å²) in [5.74, 6) is -0.285. The molecule has 4 N–H and O–H groups in total. The first kappa shape index (κ1) is 13.3. The van der Waals surface area contributed by atoms with E-state index in [-0.39, 0.29) is 5.91 Å². The quantitative estimate of drug-likeness (QED) is 0.647.